The van der Waals surface area contributed by atoms with Crippen LogP contribution < -0.4 is 16.0 Å². The van der Waals surface area contributed by atoms with Crippen LogP contribution in [0.25, 0.3) is 0 Å². The van der Waals surface area contributed by atoms with E-state index < -0.39 is 6.04 Å². The molecule has 5 heteroatoms. The van der Waals surface area contributed by atoms with Gasteiger partial charge in [0.05, 0.1) is 0 Å². The van der Waals surface area contributed by atoms with Crippen LogP contribution in [0, 0.1) is 0 Å². The quantitative estimate of drug-likeness (QED) is 0.850. The van der Waals surface area contributed by atoms with Gasteiger partial charge < -0.3 is 20.9 Å². The molecule has 2 unspecified atom stereocenters. The number of nitrogens with one attached hydrogen (secondary N) is 1. The van der Waals surface area contributed by atoms with E-state index in [-0.39, 0.29) is 5.91 Å². The summed E-state index contributed by atoms with van der Waals surface area (Å²) in [5, 5.41) is 2.86. The van der Waals surface area contributed by atoms with Gasteiger partial charge in [0.15, 0.2) is 0 Å². The maximum Gasteiger partial charge on any atom is 0.245 e. The number of carbonyl (C=O) groups excluding carboxylic acids is 1. The third-order valence-electron chi connectivity index (χ3n) is 4.40. The average molecular weight is 274 g/mol. The first-order valence-electron chi connectivity index (χ1n) is 7.18. The second-order valence-electron chi connectivity index (χ2n) is 5.94. The third-order valence-corrected chi connectivity index (χ3v) is 4.40. The lowest BCUT2D eigenvalue weighted by molar-refractivity contribution is -0.116. The minimum absolute atomic E-state index is 0.109. The zero-order valence-corrected chi connectivity index (χ0v) is 12.1. The van der Waals surface area contributed by atoms with Crippen LogP contribution in [0.4, 0.5) is 11.4 Å². The van der Waals surface area contributed by atoms with Gasteiger partial charge in [-0.25, -0.2) is 0 Å². The molecule has 5 nitrogen and oxygen atoms in total. The number of nitrogens with zero attached hydrogens (tertiary/aromatic N) is 2. The molecule has 0 radical (unpaired) electrons. The summed E-state index contributed by atoms with van der Waals surface area (Å²) in [5.41, 5.74) is 8.79. The van der Waals surface area contributed by atoms with Crippen molar-refractivity contribution in [3.63, 3.8) is 0 Å². The van der Waals surface area contributed by atoms with E-state index in [1.54, 1.807) is 0 Å². The number of benzene rings is 1. The minimum Gasteiger partial charge on any atom is -0.370 e. The molecule has 20 heavy (non-hydrogen) atoms. The molecule has 3 N–H and O–H groups in total. The van der Waals surface area contributed by atoms with Gasteiger partial charge in [-0.05, 0) is 39.1 Å². The summed E-state index contributed by atoms with van der Waals surface area (Å²) in [5.74, 6) is -0.109. The van der Waals surface area contributed by atoms with Gasteiger partial charge in [0.25, 0.3) is 0 Å². The first-order valence-corrected chi connectivity index (χ1v) is 7.18. The van der Waals surface area contributed by atoms with Crippen molar-refractivity contribution >= 4 is 17.3 Å². The summed E-state index contributed by atoms with van der Waals surface area (Å²) in [7, 11) is 4.27. The Hall–Kier alpha value is -1.59. The molecule has 2 heterocycles. The molecule has 0 aliphatic carbocycles. The molecule has 1 saturated heterocycles. The molecule has 0 aromatic heterocycles. The molecule has 1 fully saturated rings. The summed E-state index contributed by atoms with van der Waals surface area (Å²) in [6.45, 7) is 2.11. The van der Waals surface area contributed by atoms with E-state index in [0.29, 0.717) is 6.04 Å². The van der Waals surface area contributed by atoms with Gasteiger partial charge in [-0.1, -0.05) is 6.07 Å². The van der Waals surface area contributed by atoms with Crippen molar-refractivity contribution in [3.8, 4) is 0 Å². The number of anilines is 2. The number of rotatable bonds is 2. The minimum atomic E-state index is -0.519. The van der Waals surface area contributed by atoms with Crippen molar-refractivity contribution in [3.05, 3.63) is 23.8 Å². The molecule has 108 valence electrons. The topological polar surface area (TPSA) is 61.6 Å². The molecule has 1 aromatic carbocycles. The van der Waals surface area contributed by atoms with Crippen LogP contribution in [0.2, 0.25) is 0 Å². The molecule has 0 spiro atoms. The van der Waals surface area contributed by atoms with Crippen molar-refractivity contribution in [1.29, 1.82) is 0 Å². The molecule has 3 rings (SSSR count). The predicted molar refractivity (Wildman–Crippen MR) is 80.9 cm³/mol. The van der Waals surface area contributed by atoms with E-state index in [4.69, 9.17) is 5.73 Å². The lowest BCUT2D eigenvalue weighted by atomic mass is 10.0. The van der Waals surface area contributed by atoms with Crippen molar-refractivity contribution in [2.24, 2.45) is 5.73 Å². The van der Waals surface area contributed by atoms with E-state index in [2.05, 4.69) is 41.3 Å². The summed E-state index contributed by atoms with van der Waals surface area (Å²) in [6, 6.07) is 6.19. The van der Waals surface area contributed by atoms with Gasteiger partial charge in [0.2, 0.25) is 5.91 Å². The fourth-order valence-electron chi connectivity index (χ4n) is 3.08. The second kappa shape index (κ2) is 5.07. The zero-order valence-electron chi connectivity index (χ0n) is 12.1. The molecule has 0 bridgehead atoms. The molecular weight excluding hydrogens is 252 g/mol. The van der Waals surface area contributed by atoms with Crippen LogP contribution >= 0.6 is 0 Å². The Bertz CT molecular complexity index is 529. The van der Waals surface area contributed by atoms with Crippen molar-refractivity contribution in [1.82, 2.24) is 4.90 Å². The van der Waals surface area contributed by atoms with Gasteiger partial charge in [-0.2, -0.15) is 0 Å². The van der Waals surface area contributed by atoms with Gasteiger partial charge in [-0.15, -0.1) is 0 Å². The monoisotopic (exact) mass is 274 g/mol. The van der Waals surface area contributed by atoms with E-state index in [0.717, 1.165) is 24.3 Å². The van der Waals surface area contributed by atoms with Crippen molar-refractivity contribution < 1.29 is 4.79 Å². The number of nitrogens with two attached hydrogens (primary N) is 1. The van der Waals surface area contributed by atoms with Crippen molar-refractivity contribution in [2.75, 3.05) is 37.4 Å². The van der Waals surface area contributed by atoms with E-state index in [1.807, 2.05) is 6.07 Å². The van der Waals surface area contributed by atoms with Crippen LogP contribution in [-0.2, 0) is 4.79 Å². The first kappa shape index (κ1) is 13.4. The maximum absolute atomic E-state index is 11.6. The number of likely N-dealkylation sites (N-methyl/N-ethyl adjacent to an activating group) is 1. The third kappa shape index (κ3) is 2.27. The standard InChI is InChI=1S/C15H22N4O/c1-18(2)11-4-3-7-19(9-11)10-5-6-12-13(8-10)17-15(20)14(12)16/h5-6,8,11,14H,3-4,7,9,16H2,1-2H3,(H,17,20). The fourth-order valence-corrected chi connectivity index (χ4v) is 3.08. The Balaban J connectivity index is 1.82. The highest BCUT2D eigenvalue weighted by Gasteiger charge is 2.28. The highest BCUT2D eigenvalue weighted by Crippen LogP contribution is 2.33. The summed E-state index contributed by atoms with van der Waals surface area (Å²) >= 11 is 0. The number of hydrogen-bond donors (Lipinski definition) is 2. The Kier molecular flexibility index (Phi) is 3.40. The summed E-state index contributed by atoms with van der Waals surface area (Å²) in [4.78, 5) is 16.3. The van der Waals surface area contributed by atoms with Gasteiger partial charge in [0.1, 0.15) is 6.04 Å². The van der Waals surface area contributed by atoms with E-state index in [9.17, 15) is 4.79 Å². The Labute approximate surface area is 119 Å². The van der Waals surface area contributed by atoms with E-state index >= 15 is 0 Å². The van der Waals surface area contributed by atoms with Gasteiger partial charge >= 0.3 is 0 Å². The molecule has 1 amide bonds. The summed E-state index contributed by atoms with van der Waals surface area (Å²) in [6.07, 6.45) is 2.45. The lowest BCUT2D eigenvalue weighted by Gasteiger charge is -2.37. The lowest BCUT2D eigenvalue weighted by Crippen LogP contribution is -2.45. The smallest absolute Gasteiger partial charge is 0.245 e. The molecule has 1 aromatic rings. The summed E-state index contributed by atoms with van der Waals surface area (Å²) < 4.78 is 0. The molecule has 2 atom stereocenters. The number of fused-ring (bicyclic) bond motifs is 1. The second-order valence-corrected chi connectivity index (χ2v) is 5.94. The van der Waals surface area contributed by atoms with Gasteiger partial charge in [0, 0.05) is 36.1 Å². The van der Waals surface area contributed by atoms with Crippen LogP contribution in [0.15, 0.2) is 18.2 Å². The van der Waals surface area contributed by atoms with E-state index in [1.165, 1.54) is 18.5 Å². The molecule has 2 aliphatic heterocycles. The predicted octanol–water partition coefficient (Wildman–Crippen LogP) is 1.17. The number of carbonyl (C=O) groups is 1. The van der Waals surface area contributed by atoms with Crippen LogP contribution in [-0.4, -0.2) is 44.0 Å². The normalized spacial score (nSPS) is 25.8. The van der Waals surface area contributed by atoms with Crippen molar-refractivity contribution in [2.45, 2.75) is 24.9 Å². The largest absolute Gasteiger partial charge is 0.370 e. The Morgan fingerprint density at radius 2 is 2.20 bits per heavy atom. The average Bonchev–Trinajstić information content (AvgIpc) is 2.74. The Morgan fingerprint density at radius 1 is 1.40 bits per heavy atom. The highest BCUT2D eigenvalue weighted by atomic mass is 16.2. The molecule has 0 saturated carbocycles. The molecular formula is C15H22N4O. The van der Waals surface area contributed by atoms with Gasteiger partial charge in [-0.3, -0.25) is 4.79 Å². The fraction of sp³-hybridized carbons (Fsp3) is 0.533. The number of amides is 1. The zero-order chi connectivity index (χ0) is 14.3. The Morgan fingerprint density at radius 3 is 2.95 bits per heavy atom. The van der Waals surface area contributed by atoms with Crippen LogP contribution in [0.3, 0.4) is 0 Å². The van der Waals surface area contributed by atoms with Crippen LogP contribution in [0.5, 0.6) is 0 Å². The number of hydrogen-bond acceptors (Lipinski definition) is 4. The first-order chi connectivity index (χ1) is 9.56. The highest BCUT2D eigenvalue weighted by molar-refractivity contribution is 6.02. The van der Waals surface area contributed by atoms with Crippen LogP contribution in [0.1, 0.15) is 24.4 Å². The molecule has 2 aliphatic rings. The maximum atomic E-state index is 11.6. The SMILES string of the molecule is CN(C)C1CCCN(c2ccc3c(c2)NC(=O)C3N)C1. The number of piperidine rings is 1.